The number of anilines is 2. The highest BCUT2D eigenvalue weighted by Crippen LogP contribution is 2.09. The number of ether oxygens (including phenoxy) is 1. The second kappa shape index (κ2) is 8.08. The van der Waals surface area contributed by atoms with Crippen molar-refractivity contribution in [3.8, 4) is 0 Å². The molecule has 22 heavy (non-hydrogen) atoms. The standard InChI is InChI=1S/C18H22N2O2/c19-16-8-3-14(4-9-16)2-1-13-22-18(21)12-7-15-5-10-17(20)11-6-15/h3-6,8-11H,1-2,7,12-13,19-20H2. The molecular weight excluding hydrogens is 276 g/mol. The van der Waals surface area contributed by atoms with Crippen LogP contribution in [0.2, 0.25) is 0 Å². The number of rotatable bonds is 7. The van der Waals surface area contributed by atoms with E-state index < -0.39 is 0 Å². The lowest BCUT2D eigenvalue weighted by Gasteiger charge is -2.06. The molecule has 0 unspecified atom stereocenters. The maximum atomic E-state index is 11.7. The van der Waals surface area contributed by atoms with Crippen LogP contribution in [0, 0.1) is 0 Å². The third kappa shape index (κ3) is 5.48. The molecule has 4 nitrogen and oxygen atoms in total. The summed E-state index contributed by atoms with van der Waals surface area (Å²) in [5.41, 5.74) is 15.0. The first-order chi connectivity index (χ1) is 10.6. The summed E-state index contributed by atoms with van der Waals surface area (Å²) in [4.78, 5) is 11.7. The molecule has 4 N–H and O–H groups in total. The van der Waals surface area contributed by atoms with Gasteiger partial charge in [0.05, 0.1) is 6.61 Å². The van der Waals surface area contributed by atoms with Crippen LogP contribution >= 0.6 is 0 Å². The van der Waals surface area contributed by atoms with Gasteiger partial charge in [-0.05, 0) is 54.7 Å². The van der Waals surface area contributed by atoms with Gasteiger partial charge in [-0.25, -0.2) is 0 Å². The van der Waals surface area contributed by atoms with Crippen LogP contribution in [0.25, 0.3) is 0 Å². The van der Waals surface area contributed by atoms with Crippen molar-refractivity contribution in [2.75, 3.05) is 18.1 Å². The Morgan fingerprint density at radius 2 is 1.32 bits per heavy atom. The fraction of sp³-hybridized carbons (Fsp3) is 0.278. The molecule has 0 fully saturated rings. The molecule has 0 bridgehead atoms. The van der Waals surface area contributed by atoms with Gasteiger partial charge < -0.3 is 16.2 Å². The summed E-state index contributed by atoms with van der Waals surface area (Å²) >= 11 is 0. The quantitative estimate of drug-likeness (QED) is 0.468. The van der Waals surface area contributed by atoms with Crippen LogP contribution in [0.15, 0.2) is 48.5 Å². The SMILES string of the molecule is Nc1ccc(CCCOC(=O)CCc2ccc(N)cc2)cc1. The van der Waals surface area contributed by atoms with E-state index in [4.69, 9.17) is 16.2 Å². The Bertz CT molecular complexity index is 591. The van der Waals surface area contributed by atoms with E-state index in [1.54, 1.807) is 0 Å². The van der Waals surface area contributed by atoms with Gasteiger partial charge in [-0.3, -0.25) is 4.79 Å². The zero-order valence-electron chi connectivity index (χ0n) is 12.6. The second-order valence-electron chi connectivity index (χ2n) is 5.31. The summed E-state index contributed by atoms with van der Waals surface area (Å²) in [6.45, 7) is 0.449. The zero-order valence-corrected chi connectivity index (χ0v) is 12.6. The molecule has 116 valence electrons. The van der Waals surface area contributed by atoms with Gasteiger partial charge in [0, 0.05) is 17.8 Å². The van der Waals surface area contributed by atoms with E-state index in [0.29, 0.717) is 19.4 Å². The molecule has 0 spiro atoms. The average molecular weight is 298 g/mol. The van der Waals surface area contributed by atoms with Gasteiger partial charge in [-0.1, -0.05) is 24.3 Å². The van der Waals surface area contributed by atoms with Gasteiger partial charge in [0.15, 0.2) is 0 Å². The van der Waals surface area contributed by atoms with Crippen LogP contribution in [0.3, 0.4) is 0 Å². The predicted octanol–water partition coefficient (Wildman–Crippen LogP) is 2.96. The van der Waals surface area contributed by atoms with Crippen molar-refractivity contribution in [3.05, 3.63) is 59.7 Å². The van der Waals surface area contributed by atoms with Crippen molar-refractivity contribution in [3.63, 3.8) is 0 Å². The fourth-order valence-corrected chi connectivity index (χ4v) is 2.15. The lowest BCUT2D eigenvalue weighted by atomic mass is 10.1. The van der Waals surface area contributed by atoms with Crippen LogP contribution in [-0.4, -0.2) is 12.6 Å². The normalized spacial score (nSPS) is 10.4. The number of carbonyl (C=O) groups excluding carboxylic acids is 1. The number of hydrogen-bond donors (Lipinski definition) is 2. The van der Waals surface area contributed by atoms with E-state index in [0.717, 1.165) is 29.8 Å². The second-order valence-corrected chi connectivity index (χ2v) is 5.31. The van der Waals surface area contributed by atoms with E-state index in [9.17, 15) is 4.79 Å². The molecule has 2 aromatic carbocycles. The summed E-state index contributed by atoms with van der Waals surface area (Å²) in [5, 5.41) is 0. The lowest BCUT2D eigenvalue weighted by Crippen LogP contribution is -2.07. The van der Waals surface area contributed by atoms with Crippen molar-refractivity contribution in [2.45, 2.75) is 25.7 Å². The molecule has 0 aliphatic heterocycles. The molecule has 0 saturated carbocycles. The average Bonchev–Trinajstić information content (AvgIpc) is 2.53. The first-order valence-corrected chi connectivity index (χ1v) is 7.48. The number of nitrogens with two attached hydrogens (primary N) is 2. The Balaban J connectivity index is 1.61. The van der Waals surface area contributed by atoms with Crippen molar-refractivity contribution in [1.82, 2.24) is 0 Å². The van der Waals surface area contributed by atoms with Gasteiger partial charge in [0.2, 0.25) is 0 Å². The van der Waals surface area contributed by atoms with Gasteiger partial charge in [-0.2, -0.15) is 0 Å². The Morgan fingerprint density at radius 1 is 0.818 bits per heavy atom. The van der Waals surface area contributed by atoms with E-state index in [-0.39, 0.29) is 5.97 Å². The Hall–Kier alpha value is -2.49. The van der Waals surface area contributed by atoms with Crippen LogP contribution in [0.4, 0.5) is 11.4 Å². The molecule has 0 aliphatic carbocycles. The molecule has 0 radical (unpaired) electrons. The van der Waals surface area contributed by atoms with E-state index in [1.165, 1.54) is 5.56 Å². The third-order valence-electron chi connectivity index (χ3n) is 3.45. The minimum Gasteiger partial charge on any atom is -0.466 e. The third-order valence-corrected chi connectivity index (χ3v) is 3.45. The van der Waals surface area contributed by atoms with Crippen molar-refractivity contribution < 1.29 is 9.53 Å². The van der Waals surface area contributed by atoms with E-state index in [1.807, 2.05) is 48.5 Å². The number of esters is 1. The number of hydrogen-bond acceptors (Lipinski definition) is 4. The Morgan fingerprint density at radius 3 is 1.86 bits per heavy atom. The van der Waals surface area contributed by atoms with E-state index >= 15 is 0 Å². The maximum absolute atomic E-state index is 11.7. The summed E-state index contributed by atoms with van der Waals surface area (Å²) in [7, 11) is 0. The molecule has 0 aromatic heterocycles. The zero-order chi connectivity index (χ0) is 15.8. The van der Waals surface area contributed by atoms with Crippen LogP contribution in [-0.2, 0) is 22.4 Å². The largest absolute Gasteiger partial charge is 0.466 e. The molecule has 2 aromatic rings. The topological polar surface area (TPSA) is 78.3 Å². The monoisotopic (exact) mass is 298 g/mol. The van der Waals surface area contributed by atoms with Crippen LogP contribution in [0.1, 0.15) is 24.0 Å². The van der Waals surface area contributed by atoms with Gasteiger partial charge >= 0.3 is 5.97 Å². The van der Waals surface area contributed by atoms with Gasteiger partial charge in [0.1, 0.15) is 0 Å². The molecule has 4 heteroatoms. The first-order valence-electron chi connectivity index (χ1n) is 7.48. The Kier molecular flexibility index (Phi) is 5.83. The highest BCUT2D eigenvalue weighted by molar-refractivity contribution is 5.69. The molecule has 2 rings (SSSR count). The van der Waals surface area contributed by atoms with Crippen molar-refractivity contribution in [2.24, 2.45) is 0 Å². The molecule has 0 heterocycles. The first kappa shape index (κ1) is 15.9. The smallest absolute Gasteiger partial charge is 0.306 e. The highest BCUT2D eigenvalue weighted by Gasteiger charge is 2.04. The molecular formula is C18H22N2O2. The number of benzene rings is 2. The minimum absolute atomic E-state index is 0.158. The summed E-state index contributed by atoms with van der Waals surface area (Å²) in [5.74, 6) is -0.158. The number of aryl methyl sites for hydroxylation is 2. The van der Waals surface area contributed by atoms with Gasteiger partial charge in [-0.15, -0.1) is 0 Å². The van der Waals surface area contributed by atoms with Crippen LogP contribution < -0.4 is 11.5 Å². The summed E-state index contributed by atoms with van der Waals surface area (Å²) in [6, 6.07) is 15.3. The summed E-state index contributed by atoms with van der Waals surface area (Å²) < 4.78 is 5.24. The van der Waals surface area contributed by atoms with Crippen LogP contribution in [0.5, 0.6) is 0 Å². The number of nitrogen functional groups attached to an aromatic ring is 2. The maximum Gasteiger partial charge on any atom is 0.306 e. The molecule has 0 atom stereocenters. The molecule has 0 saturated heterocycles. The Labute approximate surface area is 131 Å². The lowest BCUT2D eigenvalue weighted by molar-refractivity contribution is -0.143. The van der Waals surface area contributed by atoms with Crippen molar-refractivity contribution in [1.29, 1.82) is 0 Å². The van der Waals surface area contributed by atoms with E-state index in [2.05, 4.69) is 0 Å². The minimum atomic E-state index is -0.158. The predicted molar refractivity (Wildman–Crippen MR) is 89.3 cm³/mol. The molecule has 0 amide bonds. The highest BCUT2D eigenvalue weighted by atomic mass is 16.5. The van der Waals surface area contributed by atoms with Crippen molar-refractivity contribution >= 4 is 17.3 Å². The van der Waals surface area contributed by atoms with Gasteiger partial charge in [0.25, 0.3) is 0 Å². The number of carbonyl (C=O) groups is 1. The fourth-order valence-electron chi connectivity index (χ4n) is 2.15. The summed E-state index contributed by atoms with van der Waals surface area (Å²) in [6.07, 6.45) is 2.77. The molecule has 0 aliphatic rings.